The van der Waals surface area contributed by atoms with E-state index in [1.165, 1.54) is 36.3 Å². The van der Waals surface area contributed by atoms with Crippen LogP contribution in [0.5, 0.6) is 11.5 Å². The predicted octanol–water partition coefficient (Wildman–Crippen LogP) is 4.29. The number of rotatable bonds is 4. The number of aliphatic imine (C=N–C) groups is 1. The van der Waals surface area contributed by atoms with E-state index in [9.17, 15) is 14.7 Å². The van der Waals surface area contributed by atoms with Gasteiger partial charge in [-0.3, -0.25) is 9.59 Å². The molecule has 152 valence electrons. The molecule has 1 aromatic heterocycles. The lowest BCUT2D eigenvalue weighted by Gasteiger charge is -2.14. The van der Waals surface area contributed by atoms with Crippen LogP contribution in [0.3, 0.4) is 0 Å². The van der Waals surface area contributed by atoms with Crippen LogP contribution in [-0.2, 0) is 4.79 Å². The van der Waals surface area contributed by atoms with Gasteiger partial charge >= 0.3 is 0 Å². The number of hydrogen-bond acceptors (Lipinski definition) is 8. The summed E-state index contributed by atoms with van der Waals surface area (Å²) >= 11 is 2.40. The summed E-state index contributed by atoms with van der Waals surface area (Å²) < 4.78 is 5.09. The SMILES string of the molecule is COc1cc(/C=C2\SC(=Nc3nc(C)c(C(=O)C(C)(C)C)s3)NC2=O)ccc1O. The monoisotopic (exact) mass is 431 g/mol. The van der Waals surface area contributed by atoms with Crippen LogP contribution in [0.1, 0.15) is 41.7 Å². The Morgan fingerprint density at radius 1 is 1.34 bits per heavy atom. The average Bonchev–Trinajstić information content (AvgIpc) is 3.17. The third kappa shape index (κ3) is 4.68. The van der Waals surface area contributed by atoms with Gasteiger partial charge in [0.25, 0.3) is 5.91 Å². The smallest absolute Gasteiger partial charge is 0.264 e. The highest BCUT2D eigenvalue weighted by Gasteiger charge is 2.28. The molecule has 9 heteroatoms. The van der Waals surface area contributed by atoms with Crippen LogP contribution in [0.2, 0.25) is 0 Å². The molecule has 1 aliphatic heterocycles. The lowest BCUT2D eigenvalue weighted by Crippen LogP contribution is -2.19. The Hall–Kier alpha value is -2.65. The number of methoxy groups -OCH3 is 1. The second-order valence-corrected chi connectivity index (χ2v) is 9.41. The number of carbonyl (C=O) groups excluding carboxylic acids is 2. The van der Waals surface area contributed by atoms with Gasteiger partial charge < -0.3 is 15.2 Å². The first-order valence-corrected chi connectivity index (χ1v) is 10.4. The Kier molecular flexibility index (Phi) is 5.81. The zero-order valence-corrected chi connectivity index (χ0v) is 18.3. The summed E-state index contributed by atoms with van der Waals surface area (Å²) in [6, 6.07) is 4.83. The molecule has 1 fully saturated rings. The number of ether oxygens (including phenoxy) is 1. The number of Topliss-reactive ketones (excluding diaryl/α,β-unsaturated/α-hetero) is 1. The number of carbonyl (C=O) groups is 2. The second kappa shape index (κ2) is 8.00. The highest BCUT2D eigenvalue weighted by Crippen LogP contribution is 2.34. The molecule has 1 aromatic carbocycles. The Balaban J connectivity index is 1.83. The molecule has 0 bridgehead atoms. The minimum atomic E-state index is -0.501. The maximum atomic E-state index is 12.5. The number of aromatic hydroxyl groups is 1. The van der Waals surface area contributed by atoms with E-state index in [0.717, 1.165) is 0 Å². The molecule has 0 aliphatic carbocycles. The Morgan fingerprint density at radius 2 is 2.07 bits per heavy atom. The van der Waals surface area contributed by atoms with Gasteiger partial charge in [0.1, 0.15) is 0 Å². The van der Waals surface area contributed by atoms with Gasteiger partial charge in [0.15, 0.2) is 22.4 Å². The number of thiazole rings is 1. The Labute approximate surface area is 176 Å². The summed E-state index contributed by atoms with van der Waals surface area (Å²) in [6.07, 6.45) is 1.69. The fourth-order valence-corrected chi connectivity index (χ4v) is 4.46. The molecule has 2 N–H and O–H groups in total. The number of nitrogens with one attached hydrogen (secondary N) is 1. The minimum absolute atomic E-state index is 0.0175. The summed E-state index contributed by atoms with van der Waals surface area (Å²) in [4.78, 5) is 34.6. The number of aromatic nitrogens is 1. The molecule has 1 amide bonds. The number of aryl methyl sites for hydroxylation is 1. The molecular weight excluding hydrogens is 410 g/mol. The van der Waals surface area contributed by atoms with Crippen molar-refractivity contribution in [1.29, 1.82) is 0 Å². The molecule has 7 nitrogen and oxygen atoms in total. The summed E-state index contributed by atoms with van der Waals surface area (Å²) in [7, 11) is 1.46. The lowest BCUT2D eigenvalue weighted by atomic mass is 9.89. The summed E-state index contributed by atoms with van der Waals surface area (Å²) in [5.74, 6) is 0.0927. The number of benzene rings is 1. The number of amides is 1. The number of thioether (sulfide) groups is 1. The molecule has 0 radical (unpaired) electrons. The number of phenols is 1. The molecule has 1 aliphatic rings. The van der Waals surface area contributed by atoms with Crippen LogP contribution < -0.4 is 10.1 Å². The standard InChI is InChI=1S/C20H21N3O4S2/c1-10-15(16(25)20(2,3)4)29-18(21-10)23-19-22-17(26)14(28-19)9-11-6-7-12(24)13(8-11)27-5/h6-9,24H,1-5H3,(H,21,22,23,26)/b14-9-. The zero-order chi connectivity index (χ0) is 21.3. The number of hydrogen-bond donors (Lipinski definition) is 2. The average molecular weight is 432 g/mol. The van der Waals surface area contributed by atoms with E-state index in [1.54, 1.807) is 25.1 Å². The summed E-state index contributed by atoms with van der Waals surface area (Å²) in [5, 5.41) is 13.2. The Bertz CT molecular complexity index is 1050. The third-order valence-corrected chi connectivity index (χ3v) is 5.98. The molecule has 2 heterocycles. The number of ketones is 1. The van der Waals surface area contributed by atoms with Gasteiger partial charge in [0.2, 0.25) is 5.13 Å². The van der Waals surface area contributed by atoms with Crippen molar-refractivity contribution >= 4 is 51.2 Å². The third-order valence-electron chi connectivity index (χ3n) is 4.02. The van der Waals surface area contributed by atoms with Crippen molar-refractivity contribution in [2.75, 3.05) is 7.11 Å². The van der Waals surface area contributed by atoms with Crippen molar-refractivity contribution in [3.05, 3.63) is 39.2 Å². The van der Waals surface area contributed by atoms with Crippen LogP contribution in [0.25, 0.3) is 6.08 Å². The Morgan fingerprint density at radius 3 is 2.72 bits per heavy atom. The van der Waals surface area contributed by atoms with Crippen molar-refractivity contribution in [1.82, 2.24) is 10.3 Å². The number of nitrogens with zero attached hydrogens (tertiary/aromatic N) is 2. The first-order chi connectivity index (χ1) is 13.6. The van der Waals surface area contributed by atoms with Gasteiger partial charge in [-0.1, -0.05) is 38.2 Å². The number of phenolic OH excluding ortho intramolecular Hbond substituents is 1. The van der Waals surface area contributed by atoms with Crippen molar-refractivity contribution in [3.8, 4) is 11.5 Å². The van der Waals surface area contributed by atoms with Crippen molar-refractivity contribution in [2.24, 2.45) is 10.4 Å². The van der Waals surface area contributed by atoms with Gasteiger partial charge in [-0.05, 0) is 42.5 Å². The number of amidine groups is 1. The van der Waals surface area contributed by atoms with E-state index in [-0.39, 0.29) is 17.4 Å². The van der Waals surface area contributed by atoms with Crippen LogP contribution in [0.4, 0.5) is 5.13 Å². The molecule has 2 aromatic rings. The molecule has 0 spiro atoms. The molecule has 29 heavy (non-hydrogen) atoms. The van der Waals surface area contributed by atoms with E-state index in [1.807, 2.05) is 20.8 Å². The molecule has 0 atom stereocenters. The van der Waals surface area contributed by atoms with Gasteiger partial charge in [0, 0.05) is 5.41 Å². The maximum Gasteiger partial charge on any atom is 0.264 e. The van der Waals surface area contributed by atoms with Gasteiger partial charge in [-0.2, -0.15) is 4.99 Å². The molecular formula is C20H21N3O4S2. The van der Waals surface area contributed by atoms with E-state index >= 15 is 0 Å². The minimum Gasteiger partial charge on any atom is -0.504 e. The van der Waals surface area contributed by atoms with Crippen molar-refractivity contribution in [2.45, 2.75) is 27.7 Å². The van der Waals surface area contributed by atoms with Crippen molar-refractivity contribution < 1.29 is 19.4 Å². The first-order valence-electron chi connectivity index (χ1n) is 8.77. The van der Waals surface area contributed by atoms with Crippen LogP contribution >= 0.6 is 23.1 Å². The fraction of sp³-hybridized carbons (Fsp3) is 0.300. The van der Waals surface area contributed by atoms with Crippen LogP contribution in [0, 0.1) is 12.3 Å². The van der Waals surface area contributed by atoms with Crippen LogP contribution in [-0.4, -0.2) is 34.1 Å². The highest BCUT2D eigenvalue weighted by atomic mass is 32.2. The van der Waals surface area contributed by atoms with E-state index in [4.69, 9.17) is 4.74 Å². The molecule has 0 unspecified atom stereocenters. The van der Waals surface area contributed by atoms with E-state index < -0.39 is 5.41 Å². The molecule has 1 saturated heterocycles. The van der Waals surface area contributed by atoms with Gasteiger partial charge in [0.05, 0.1) is 22.6 Å². The highest BCUT2D eigenvalue weighted by molar-refractivity contribution is 8.18. The molecule has 0 saturated carbocycles. The molecule has 3 rings (SSSR count). The quantitative estimate of drug-likeness (QED) is 0.553. The lowest BCUT2D eigenvalue weighted by molar-refractivity contribution is -0.115. The van der Waals surface area contributed by atoms with Crippen molar-refractivity contribution in [3.63, 3.8) is 0 Å². The van der Waals surface area contributed by atoms with Crippen LogP contribution in [0.15, 0.2) is 28.1 Å². The van der Waals surface area contributed by atoms with Gasteiger partial charge in [-0.15, -0.1) is 0 Å². The largest absolute Gasteiger partial charge is 0.504 e. The normalized spacial score (nSPS) is 17.1. The fourth-order valence-electron chi connectivity index (χ4n) is 2.48. The second-order valence-electron chi connectivity index (χ2n) is 7.40. The van der Waals surface area contributed by atoms with Gasteiger partial charge in [-0.25, -0.2) is 4.98 Å². The first kappa shape index (κ1) is 21.1. The summed E-state index contributed by atoms with van der Waals surface area (Å²) in [5.41, 5.74) is 0.844. The predicted molar refractivity (Wildman–Crippen MR) is 116 cm³/mol. The zero-order valence-electron chi connectivity index (χ0n) is 16.7. The van der Waals surface area contributed by atoms with E-state index in [0.29, 0.717) is 37.1 Å². The van der Waals surface area contributed by atoms with E-state index in [2.05, 4.69) is 15.3 Å². The maximum absolute atomic E-state index is 12.5. The topological polar surface area (TPSA) is 101 Å². The summed E-state index contributed by atoms with van der Waals surface area (Å²) in [6.45, 7) is 7.37.